The lowest BCUT2D eigenvalue weighted by molar-refractivity contribution is 0.102. The molecule has 9 heteroatoms. The molecule has 0 bridgehead atoms. The summed E-state index contributed by atoms with van der Waals surface area (Å²) in [5.74, 6) is 0.297. The second-order valence-electron chi connectivity index (χ2n) is 7.39. The van der Waals surface area contributed by atoms with Crippen LogP contribution in [0, 0.1) is 0 Å². The van der Waals surface area contributed by atoms with Gasteiger partial charge < -0.3 is 15.1 Å². The van der Waals surface area contributed by atoms with E-state index in [1.165, 1.54) is 16.7 Å². The minimum Gasteiger partial charge on any atom is -0.368 e. The van der Waals surface area contributed by atoms with E-state index in [1.54, 1.807) is 12.4 Å². The smallest absolute Gasteiger partial charge is 0.277 e. The Morgan fingerprint density at radius 2 is 1.34 bits per heavy atom. The fourth-order valence-electron chi connectivity index (χ4n) is 3.60. The third kappa shape index (κ3) is 4.27. The molecular formula is C23H22N8O. The fourth-order valence-corrected chi connectivity index (χ4v) is 3.60. The van der Waals surface area contributed by atoms with E-state index in [9.17, 15) is 4.79 Å². The molecule has 0 radical (unpaired) electrons. The van der Waals surface area contributed by atoms with E-state index in [-0.39, 0.29) is 11.6 Å². The molecule has 0 unspecified atom stereocenters. The largest absolute Gasteiger partial charge is 0.368 e. The molecule has 4 aromatic rings. The Hall–Kier alpha value is -4.27. The van der Waals surface area contributed by atoms with Gasteiger partial charge in [-0.2, -0.15) is 9.90 Å². The van der Waals surface area contributed by atoms with E-state index in [0.717, 1.165) is 31.9 Å². The molecular weight excluding hydrogens is 404 g/mol. The van der Waals surface area contributed by atoms with Gasteiger partial charge in [0.2, 0.25) is 5.95 Å². The number of nitrogens with one attached hydrogen (secondary N) is 1. The molecule has 0 aliphatic carbocycles. The van der Waals surface area contributed by atoms with Crippen molar-refractivity contribution in [3.63, 3.8) is 0 Å². The molecule has 5 rings (SSSR count). The van der Waals surface area contributed by atoms with E-state index in [4.69, 9.17) is 0 Å². The topological polar surface area (TPSA) is 92.1 Å². The maximum atomic E-state index is 12.5. The van der Waals surface area contributed by atoms with Gasteiger partial charge in [0.1, 0.15) is 0 Å². The van der Waals surface area contributed by atoms with Gasteiger partial charge in [0.05, 0.1) is 30.0 Å². The standard InChI is InChI=1S/C23H22N8O/c32-22(21-17-26-31(28-21)20-9-5-2-6-10-20)27-18-15-24-23(25-16-18)30-13-11-29(12-14-30)19-7-3-1-4-8-19/h1-10,15-17H,11-14H2,(H,27,32). The molecule has 0 atom stereocenters. The molecule has 2 aromatic carbocycles. The molecule has 1 N–H and O–H groups in total. The number of amides is 1. The highest BCUT2D eigenvalue weighted by molar-refractivity contribution is 6.02. The van der Waals surface area contributed by atoms with Crippen LogP contribution in [0.2, 0.25) is 0 Å². The van der Waals surface area contributed by atoms with E-state index < -0.39 is 0 Å². The molecule has 0 saturated carbocycles. The molecule has 1 aliphatic heterocycles. The zero-order chi connectivity index (χ0) is 21.8. The Labute approximate surface area is 185 Å². The van der Waals surface area contributed by atoms with Gasteiger partial charge in [-0.25, -0.2) is 9.97 Å². The Morgan fingerprint density at radius 3 is 2.00 bits per heavy atom. The maximum absolute atomic E-state index is 12.5. The van der Waals surface area contributed by atoms with Gasteiger partial charge in [-0.1, -0.05) is 36.4 Å². The molecule has 1 saturated heterocycles. The van der Waals surface area contributed by atoms with Crippen LogP contribution >= 0.6 is 0 Å². The summed E-state index contributed by atoms with van der Waals surface area (Å²) >= 11 is 0. The van der Waals surface area contributed by atoms with Crippen LogP contribution in [0.4, 0.5) is 17.3 Å². The summed E-state index contributed by atoms with van der Waals surface area (Å²) < 4.78 is 0. The Bertz CT molecular complexity index is 1170. The zero-order valence-corrected chi connectivity index (χ0v) is 17.4. The number of rotatable bonds is 5. The van der Waals surface area contributed by atoms with Gasteiger partial charge >= 0.3 is 0 Å². The van der Waals surface area contributed by atoms with E-state index in [2.05, 4.69) is 59.5 Å². The number of carbonyl (C=O) groups is 1. The first-order valence-corrected chi connectivity index (χ1v) is 10.4. The Kier molecular flexibility index (Phi) is 5.44. The van der Waals surface area contributed by atoms with Crippen LogP contribution in [0.5, 0.6) is 0 Å². The first kappa shape index (κ1) is 19.7. The average molecular weight is 426 g/mol. The van der Waals surface area contributed by atoms with Crippen LogP contribution < -0.4 is 15.1 Å². The van der Waals surface area contributed by atoms with Crippen molar-refractivity contribution in [2.45, 2.75) is 0 Å². The number of piperazine rings is 1. The van der Waals surface area contributed by atoms with Crippen LogP contribution in [0.3, 0.4) is 0 Å². The van der Waals surface area contributed by atoms with Crippen molar-refractivity contribution >= 4 is 23.2 Å². The molecule has 0 spiro atoms. The minimum atomic E-state index is -0.361. The summed E-state index contributed by atoms with van der Waals surface area (Å²) in [6, 6.07) is 19.8. The van der Waals surface area contributed by atoms with E-state index in [0.29, 0.717) is 11.6 Å². The van der Waals surface area contributed by atoms with Crippen molar-refractivity contribution in [2.75, 3.05) is 41.3 Å². The highest BCUT2D eigenvalue weighted by atomic mass is 16.2. The van der Waals surface area contributed by atoms with Gasteiger partial charge in [0, 0.05) is 31.9 Å². The number of anilines is 3. The number of benzene rings is 2. The van der Waals surface area contributed by atoms with Crippen molar-refractivity contribution in [1.29, 1.82) is 0 Å². The first-order valence-electron chi connectivity index (χ1n) is 10.4. The average Bonchev–Trinajstić information content (AvgIpc) is 3.37. The summed E-state index contributed by atoms with van der Waals surface area (Å²) in [4.78, 5) is 27.3. The first-order chi connectivity index (χ1) is 15.8. The molecule has 32 heavy (non-hydrogen) atoms. The third-order valence-corrected chi connectivity index (χ3v) is 5.29. The lowest BCUT2D eigenvalue weighted by atomic mass is 10.2. The van der Waals surface area contributed by atoms with Crippen LogP contribution in [-0.2, 0) is 0 Å². The predicted octanol–water partition coefficient (Wildman–Crippen LogP) is 2.64. The number of aromatic nitrogens is 5. The highest BCUT2D eigenvalue weighted by Crippen LogP contribution is 2.18. The normalized spacial score (nSPS) is 13.8. The van der Waals surface area contributed by atoms with Crippen LogP contribution in [0.1, 0.15) is 10.5 Å². The fraction of sp³-hybridized carbons (Fsp3) is 0.174. The number of hydrogen-bond acceptors (Lipinski definition) is 7. The maximum Gasteiger partial charge on any atom is 0.277 e. The van der Waals surface area contributed by atoms with Crippen molar-refractivity contribution < 1.29 is 4.79 Å². The molecule has 1 fully saturated rings. The highest BCUT2D eigenvalue weighted by Gasteiger charge is 2.19. The van der Waals surface area contributed by atoms with Crippen molar-refractivity contribution in [2.24, 2.45) is 0 Å². The van der Waals surface area contributed by atoms with Crippen LogP contribution in [0.15, 0.2) is 79.3 Å². The molecule has 1 aliphatic rings. The lowest BCUT2D eigenvalue weighted by Crippen LogP contribution is -2.47. The van der Waals surface area contributed by atoms with Gasteiger partial charge in [-0.05, 0) is 24.3 Å². The Morgan fingerprint density at radius 1 is 0.750 bits per heavy atom. The zero-order valence-electron chi connectivity index (χ0n) is 17.4. The van der Waals surface area contributed by atoms with Crippen molar-refractivity contribution in [1.82, 2.24) is 25.0 Å². The van der Waals surface area contributed by atoms with Gasteiger partial charge in [-0.3, -0.25) is 4.79 Å². The van der Waals surface area contributed by atoms with Crippen molar-refractivity contribution in [3.05, 3.63) is 84.9 Å². The lowest BCUT2D eigenvalue weighted by Gasteiger charge is -2.36. The summed E-state index contributed by atoms with van der Waals surface area (Å²) in [5, 5.41) is 11.2. The Balaban J connectivity index is 1.18. The van der Waals surface area contributed by atoms with Gasteiger partial charge in [0.15, 0.2) is 5.69 Å². The second kappa shape index (κ2) is 8.84. The van der Waals surface area contributed by atoms with Gasteiger partial charge in [-0.15, -0.1) is 5.10 Å². The minimum absolute atomic E-state index is 0.218. The molecule has 1 amide bonds. The number of carbonyl (C=O) groups excluding carboxylic acids is 1. The molecule has 3 heterocycles. The van der Waals surface area contributed by atoms with Crippen LogP contribution in [0.25, 0.3) is 5.69 Å². The quantitative estimate of drug-likeness (QED) is 0.524. The second-order valence-corrected chi connectivity index (χ2v) is 7.39. The van der Waals surface area contributed by atoms with E-state index >= 15 is 0 Å². The molecule has 2 aromatic heterocycles. The third-order valence-electron chi connectivity index (χ3n) is 5.29. The predicted molar refractivity (Wildman–Crippen MR) is 122 cm³/mol. The van der Waals surface area contributed by atoms with E-state index in [1.807, 2.05) is 36.4 Å². The summed E-state index contributed by atoms with van der Waals surface area (Å²) in [7, 11) is 0. The molecule has 9 nitrogen and oxygen atoms in total. The van der Waals surface area contributed by atoms with Crippen molar-refractivity contribution in [3.8, 4) is 5.69 Å². The summed E-state index contributed by atoms with van der Waals surface area (Å²) in [6.07, 6.45) is 4.67. The number of nitrogens with zero attached hydrogens (tertiary/aromatic N) is 7. The number of para-hydroxylation sites is 2. The van der Waals surface area contributed by atoms with Gasteiger partial charge in [0.25, 0.3) is 5.91 Å². The number of hydrogen-bond donors (Lipinski definition) is 1. The molecule has 160 valence electrons. The SMILES string of the molecule is O=C(Nc1cnc(N2CCN(c3ccccc3)CC2)nc1)c1cnn(-c2ccccc2)n1. The van der Waals surface area contributed by atoms with Crippen LogP contribution in [-0.4, -0.2) is 57.0 Å². The monoisotopic (exact) mass is 426 g/mol. The summed E-state index contributed by atoms with van der Waals surface area (Å²) in [6.45, 7) is 3.48. The summed E-state index contributed by atoms with van der Waals surface area (Å²) in [5.41, 5.74) is 2.74.